The van der Waals surface area contributed by atoms with Gasteiger partial charge in [-0.15, -0.1) is 0 Å². The molecular formula is C17H17Cl3N4O3. The fourth-order valence-corrected chi connectivity index (χ4v) is 2.40. The minimum absolute atomic E-state index is 0.0195. The molecule has 0 aliphatic rings. The molecule has 27 heavy (non-hydrogen) atoms. The number of anilines is 2. The molecule has 1 aromatic heterocycles. The van der Waals surface area contributed by atoms with Gasteiger partial charge in [0.2, 0.25) is 3.79 Å². The van der Waals surface area contributed by atoms with Crippen LogP contribution in [0.2, 0.25) is 0 Å². The fraction of sp³-hybridized carbons (Fsp3) is 0.294. The Labute approximate surface area is 171 Å². The van der Waals surface area contributed by atoms with Gasteiger partial charge in [0.15, 0.2) is 11.6 Å². The van der Waals surface area contributed by atoms with Crippen molar-refractivity contribution < 1.29 is 14.3 Å². The molecule has 0 saturated carbocycles. The number of nitrogens with one attached hydrogen (secondary N) is 2. The molecule has 10 heteroatoms. The van der Waals surface area contributed by atoms with Gasteiger partial charge in [0.1, 0.15) is 5.56 Å². The monoisotopic (exact) mass is 430 g/mol. The summed E-state index contributed by atoms with van der Waals surface area (Å²) >= 11 is 17.5. The van der Waals surface area contributed by atoms with Gasteiger partial charge in [-0.3, -0.25) is 5.32 Å². The summed E-state index contributed by atoms with van der Waals surface area (Å²) in [5, 5.41) is 5.12. The number of halogens is 3. The van der Waals surface area contributed by atoms with Crippen molar-refractivity contribution in [3.63, 3.8) is 0 Å². The molecule has 0 fully saturated rings. The van der Waals surface area contributed by atoms with Crippen molar-refractivity contribution in [2.75, 3.05) is 17.2 Å². The van der Waals surface area contributed by atoms with E-state index in [2.05, 4.69) is 20.6 Å². The molecular weight excluding hydrogens is 415 g/mol. The molecule has 2 rings (SSSR count). The molecule has 0 unspecified atom stereocenters. The van der Waals surface area contributed by atoms with Gasteiger partial charge in [0, 0.05) is 5.69 Å². The van der Waals surface area contributed by atoms with E-state index in [1.54, 1.807) is 19.1 Å². The van der Waals surface area contributed by atoms with Crippen molar-refractivity contribution in [1.29, 1.82) is 0 Å². The van der Waals surface area contributed by atoms with E-state index in [1.807, 2.05) is 19.1 Å². The van der Waals surface area contributed by atoms with Gasteiger partial charge in [0.25, 0.3) is 0 Å². The van der Waals surface area contributed by atoms with Gasteiger partial charge in [-0.1, -0.05) is 52.5 Å². The second kappa shape index (κ2) is 8.73. The molecule has 2 N–H and O–H groups in total. The highest BCUT2D eigenvalue weighted by Gasteiger charge is 2.31. The predicted molar refractivity (Wildman–Crippen MR) is 106 cm³/mol. The molecule has 1 heterocycles. The first-order chi connectivity index (χ1) is 12.6. The molecule has 0 saturated heterocycles. The van der Waals surface area contributed by atoms with Gasteiger partial charge in [-0.25, -0.2) is 19.6 Å². The van der Waals surface area contributed by atoms with Crippen LogP contribution in [-0.4, -0.2) is 28.6 Å². The Balaban J connectivity index is 2.36. The number of ether oxygens (including phenoxy) is 1. The van der Waals surface area contributed by atoms with E-state index in [4.69, 9.17) is 39.5 Å². The van der Waals surface area contributed by atoms with Crippen LogP contribution in [-0.2, 0) is 8.53 Å². The Morgan fingerprint density at radius 2 is 1.70 bits per heavy atom. The van der Waals surface area contributed by atoms with Crippen LogP contribution in [0.25, 0.3) is 0 Å². The number of carbonyl (C=O) groups excluding carboxylic acids is 2. The third-order valence-corrected chi connectivity index (χ3v) is 3.87. The van der Waals surface area contributed by atoms with E-state index < -0.39 is 15.8 Å². The summed E-state index contributed by atoms with van der Waals surface area (Å²) in [5.41, 5.74) is 1.79. The molecule has 0 aliphatic carbocycles. The number of rotatable bonds is 4. The molecule has 0 atom stereocenters. The van der Waals surface area contributed by atoms with Crippen LogP contribution < -0.4 is 10.6 Å². The quantitative estimate of drug-likeness (QED) is 0.538. The Morgan fingerprint density at radius 3 is 2.26 bits per heavy atom. The minimum Gasteiger partial charge on any atom is -0.462 e. The van der Waals surface area contributed by atoms with Crippen LogP contribution in [0, 0.1) is 13.8 Å². The molecule has 0 radical (unpaired) electrons. The molecule has 7 nitrogen and oxygen atoms in total. The molecule has 2 aromatic rings. The molecule has 0 aliphatic heterocycles. The number of nitrogens with zero attached hydrogens (tertiary/aromatic N) is 2. The highest BCUT2D eigenvalue weighted by atomic mass is 35.6. The zero-order valence-electron chi connectivity index (χ0n) is 14.8. The lowest BCUT2D eigenvalue weighted by molar-refractivity contribution is 0.0525. The van der Waals surface area contributed by atoms with Gasteiger partial charge in [-0.2, -0.15) is 0 Å². The van der Waals surface area contributed by atoms with Crippen LogP contribution in [0.3, 0.4) is 0 Å². The fourth-order valence-electron chi connectivity index (χ4n) is 2.14. The highest BCUT2D eigenvalue weighted by Crippen LogP contribution is 2.37. The zero-order valence-corrected chi connectivity index (χ0v) is 17.0. The number of benzene rings is 1. The van der Waals surface area contributed by atoms with Crippen LogP contribution in [0.5, 0.6) is 0 Å². The second-order valence-corrected chi connectivity index (χ2v) is 7.80. The van der Waals surface area contributed by atoms with E-state index >= 15 is 0 Å². The summed E-state index contributed by atoms with van der Waals surface area (Å²) < 4.78 is 3.07. The topological polar surface area (TPSA) is 93.2 Å². The van der Waals surface area contributed by atoms with Gasteiger partial charge in [0.05, 0.1) is 12.3 Å². The van der Waals surface area contributed by atoms with Crippen LogP contribution in [0.4, 0.5) is 16.3 Å². The number of esters is 1. The average Bonchev–Trinajstić information content (AvgIpc) is 2.56. The summed E-state index contributed by atoms with van der Waals surface area (Å²) in [7, 11) is 0. The van der Waals surface area contributed by atoms with Crippen molar-refractivity contribution in [1.82, 2.24) is 9.97 Å². The molecule has 1 aromatic carbocycles. The maximum absolute atomic E-state index is 12.3. The third-order valence-electron chi connectivity index (χ3n) is 3.36. The van der Waals surface area contributed by atoms with Crippen molar-refractivity contribution in [2.45, 2.75) is 24.6 Å². The normalized spacial score (nSPS) is 11.0. The third kappa shape index (κ3) is 5.69. The van der Waals surface area contributed by atoms with Crippen molar-refractivity contribution in [2.24, 2.45) is 0 Å². The Morgan fingerprint density at radius 1 is 1.07 bits per heavy atom. The standard InChI is InChI=1S/C17H17Cl3N4O3/c1-4-27-14(25)12-10(3)21-15(17(18,19)20)23-13(12)24-16(26)22-11-7-5-9(2)6-8-11/h5-8H,4H2,1-3H3,(H2,21,22,23,24,26). The lowest BCUT2D eigenvalue weighted by atomic mass is 10.2. The smallest absolute Gasteiger partial charge is 0.343 e. The minimum atomic E-state index is -1.93. The highest BCUT2D eigenvalue weighted by molar-refractivity contribution is 6.66. The lowest BCUT2D eigenvalue weighted by Gasteiger charge is -2.16. The van der Waals surface area contributed by atoms with E-state index in [9.17, 15) is 9.59 Å². The number of aromatic nitrogens is 2. The first-order valence-corrected chi connectivity index (χ1v) is 9.02. The van der Waals surface area contributed by atoms with Crippen LogP contribution in [0.1, 0.15) is 34.4 Å². The zero-order chi connectivity index (χ0) is 20.2. The number of alkyl halides is 3. The molecule has 0 spiro atoms. The van der Waals surface area contributed by atoms with Gasteiger partial charge < -0.3 is 10.1 Å². The lowest BCUT2D eigenvalue weighted by Crippen LogP contribution is -2.25. The SMILES string of the molecule is CCOC(=O)c1c(C)nc(C(Cl)(Cl)Cl)nc1NC(=O)Nc1ccc(C)cc1. The summed E-state index contributed by atoms with van der Waals surface area (Å²) in [6.07, 6.45) is 0. The maximum atomic E-state index is 12.3. The largest absolute Gasteiger partial charge is 0.462 e. The van der Waals surface area contributed by atoms with Gasteiger partial charge >= 0.3 is 12.0 Å². The van der Waals surface area contributed by atoms with Crippen LogP contribution in [0.15, 0.2) is 24.3 Å². The predicted octanol–water partition coefficient (Wildman–Crippen LogP) is 4.74. The number of hydrogen-bond acceptors (Lipinski definition) is 5. The Kier molecular flexibility index (Phi) is 6.86. The number of aryl methyl sites for hydroxylation is 2. The van der Waals surface area contributed by atoms with Crippen molar-refractivity contribution in [3.05, 3.63) is 46.9 Å². The molecule has 0 bridgehead atoms. The Hall–Kier alpha value is -2.09. The number of carbonyl (C=O) groups is 2. The second-order valence-electron chi connectivity index (χ2n) is 5.52. The summed E-state index contributed by atoms with van der Waals surface area (Å²) in [5.74, 6) is -0.993. The number of urea groups is 1. The average molecular weight is 432 g/mol. The van der Waals surface area contributed by atoms with E-state index in [0.29, 0.717) is 5.69 Å². The van der Waals surface area contributed by atoms with Gasteiger partial charge in [-0.05, 0) is 32.9 Å². The summed E-state index contributed by atoms with van der Waals surface area (Å²) in [4.78, 5) is 32.6. The van der Waals surface area contributed by atoms with E-state index in [1.165, 1.54) is 6.92 Å². The maximum Gasteiger partial charge on any atom is 0.343 e. The van der Waals surface area contributed by atoms with Crippen LogP contribution >= 0.6 is 34.8 Å². The first-order valence-electron chi connectivity index (χ1n) is 7.89. The number of hydrogen-bond donors (Lipinski definition) is 2. The van der Waals surface area contributed by atoms with Crippen molar-refractivity contribution >= 4 is 58.3 Å². The van der Waals surface area contributed by atoms with Crippen molar-refractivity contribution in [3.8, 4) is 0 Å². The summed E-state index contributed by atoms with van der Waals surface area (Å²) in [6, 6.07) is 6.53. The molecule has 2 amide bonds. The number of amides is 2. The first kappa shape index (κ1) is 21.2. The van der Waals surface area contributed by atoms with E-state index in [0.717, 1.165) is 5.56 Å². The molecule has 144 valence electrons. The van der Waals surface area contributed by atoms with E-state index in [-0.39, 0.29) is 29.5 Å². The summed E-state index contributed by atoms with van der Waals surface area (Å²) in [6.45, 7) is 5.24. The Bertz CT molecular complexity index is 852.